The molecule has 80 valence electrons. The number of phenolic OH excluding ortho intramolecular Hbond substituents is 1. The molecule has 1 saturated heterocycles. The number of hydrogen-bond acceptors (Lipinski definition) is 2. The first kappa shape index (κ1) is 10.3. The minimum absolute atomic E-state index is 0.0645. The average molecular weight is 225 g/mol. The standard InChI is InChI=1S/C11H13ClN2O/c12-9-7-8(3-4-10(9)15)11(13)14-5-1-2-6-14/h3-4,7,13,15H,1-2,5-6H2. The maximum Gasteiger partial charge on any atom is 0.134 e. The number of amidine groups is 1. The van der Waals surface area contributed by atoms with Crippen molar-refractivity contribution in [3.05, 3.63) is 28.8 Å². The number of rotatable bonds is 1. The Morgan fingerprint density at radius 2 is 2.00 bits per heavy atom. The summed E-state index contributed by atoms with van der Waals surface area (Å²) in [5, 5.41) is 17.6. The maximum absolute atomic E-state index is 9.27. The van der Waals surface area contributed by atoms with Crippen molar-refractivity contribution in [3.63, 3.8) is 0 Å². The molecule has 2 rings (SSSR count). The molecule has 0 aromatic heterocycles. The van der Waals surface area contributed by atoms with Crippen molar-refractivity contribution in [2.45, 2.75) is 12.8 Å². The van der Waals surface area contributed by atoms with E-state index in [-0.39, 0.29) is 5.75 Å². The van der Waals surface area contributed by atoms with E-state index in [2.05, 4.69) is 0 Å². The number of benzene rings is 1. The van der Waals surface area contributed by atoms with E-state index in [9.17, 15) is 5.11 Å². The topological polar surface area (TPSA) is 47.3 Å². The van der Waals surface area contributed by atoms with Gasteiger partial charge in [-0.25, -0.2) is 0 Å². The van der Waals surface area contributed by atoms with Crippen molar-refractivity contribution in [1.82, 2.24) is 4.90 Å². The highest BCUT2D eigenvalue weighted by Gasteiger charge is 2.16. The second kappa shape index (κ2) is 4.11. The summed E-state index contributed by atoms with van der Waals surface area (Å²) in [6.45, 7) is 1.88. The van der Waals surface area contributed by atoms with E-state index >= 15 is 0 Å². The molecule has 0 unspecified atom stereocenters. The normalized spacial score (nSPS) is 15.7. The molecule has 1 aromatic carbocycles. The first-order chi connectivity index (χ1) is 7.18. The summed E-state index contributed by atoms with van der Waals surface area (Å²) >= 11 is 5.80. The molecule has 1 aromatic rings. The third-order valence-corrected chi connectivity index (χ3v) is 2.95. The largest absolute Gasteiger partial charge is 0.506 e. The van der Waals surface area contributed by atoms with Crippen LogP contribution in [0.1, 0.15) is 18.4 Å². The molecule has 0 amide bonds. The number of nitrogens with one attached hydrogen (secondary N) is 1. The first-order valence-corrected chi connectivity index (χ1v) is 5.38. The average Bonchev–Trinajstić information content (AvgIpc) is 2.74. The lowest BCUT2D eigenvalue weighted by Gasteiger charge is -2.18. The minimum Gasteiger partial charge on any atom is -0.506 e. The van der Waals surface area contributed by atoms with Crippen LogP contribution in [0.15, 0.2) is 18.2 Å². The van der Waals surface area contributed by atoms with Gasteiger partial charge < -0.3 is 10.0 Å². The van der Waals surface area contributed by atoms with Gasteiger partial charge in [-0.2, -0.15) is 0 Å². The Bertz CT molecular complexity index is 386. The molecule has 15 heavy (non-hydrogen) atoms. The lowest BCUT2D eigenvalue weighted by molar-refractivity contribution is 0.475. The van der Waals surface area contributed by atoms with Gasteiger partial charge in [0.2, 0.25) is 0 Å². The third kappa shape index (κ3) is 2.07. The fourth-order valence-corrected chi connectivity index (χ4v) is 1.96. The second-order valence-corrected chi connectivity index (χ2v) is 4.12. The summed E-state index contributed by atoms with van der Waals surface area (Å²) in [5.41, 5.74) is 0.764. The van der Waals surface area contributed by atoms with E-state index in [4.69, 9.17) is 17.0 Å². The number of phenols is 1. The summed E-state index contributed by atoms with van der Waals surface area (Å²) in [4.78, 5) is 2.03. The Hall–Kier alpha value is -1.22. The quantitative estimate of drug-likeness (QED) is 0.569. The molecule has 0 spiro atoms. The van der Waals surface area contributed by atoms with Crippen LogP contribution in [0.3, 0.4) is 0 Å². The minimum atomic E-state index is 0.0645. The molecule has 0 aliphatic carbocycles. The highest BCUT2D eigenvalue weighted by atomic mass is 35.5. The number of nitrogens with zero attached hydrogens (tertiary/aromatic N) is 1. The van der Waals surface area contributed by atoms with Crippen LogP contribution in [-0.4, -0.2) is 28.9 Å². The molecule has 0 bridgehead atoms. The molecule has 1 heterocycles. The monoisotopic (exact) mass is 224 g/mol. The molecular weight excluding hydrogens is 212 g/mol. The lowest BCUT2D eigenvalue weighted by Crippen LogP contribution is -2.27. The molecule has 4 heteroatoms. The summed E-state index contributed by atoms with van der Waals surface area (Å²) < 4.78 is 0. The number of likely N-dealkylation sites (tertiary alicyclic amines) is 1. The Kier molecular flexibility index (Phi) is 2.82. The zero-order valence-electron chi connectivity index (χ0n) is 8.33. The van der Waals surface area contributed by atoms with Gasteiger partial charge in [0.1, 0.15) is 11.6 Å². The van der Waals surface area contributed by atoms with Crippen LogP contribution in [-0.2, 0) is 0 Å². The fraction of sp³-hybridized carbons (Fsp3) is 0.364. The molecule has 0 saturated carbocycles. The third-order valence-electron chi connectivity index (χ3n) is 2.64. The number of halogens is 1. The molecule has 1 fully saturated rings. The van der Waals surface area contributed by atoms with E-state index in [1.807, 2.05) is 4.90 Å². The van der Waals surface area contributed by atoms with Crippen molar-refractivity contribution in [3.8, 4) is 5.75 Å². The van der Waals surface area contributed by atoms with E-state index in [0.717, 1.165) is 31.5 Å². The second-order valence-electron chi connectivity index (χ2n) is 3.71. The van der Waals surface area contributed by atoms with Gasteiger partial charge in [0.15, 0.2) is 0 Å². The molecule has 3 nitrogen and oxygen atoms in total. The molecular formula is C11H13ClN2O. The van der Waals surface area contributed by atoms with E-state index < -0.39 is 0 Å². The van der Waals surface area contributed by atoms with Crippen molar-refractivity contribution in [1.29, 1.82) is 5.41 Å². The fourth-order valence-electron chi connectivity index (χ4n) is 1.78. The van der Waals surface area contributed by atoms with E-state index in [1.165, 1.54) is 6.07 Å². The van der Waals surface area contributed by atoms with Crippen LogP contribution < -0.4 is 0 Å². The molecule has 2 N–H and O–H groups in total. The van der Waals surface area contributed by atoms with Crippen LogP contribution in [0, 0.1) is 5.41 Å². The van der Waals surface area contributed by atoms with Gasteiger partial charge in [0.25, 0.3) is 0 Å². The van der Waals surface area contributed by atoms with Gasteiger partial charge in [0.05, 0.1) is 5.02 Å². The van der Waals surface area contributed by atoms with Crippen molar-refractivity contribution in [2.24, 2.45) is 0 Å². The first-order valence-electron chi connectivity index (χ1n) is 5.01. The predicted octanol–water partition coefficient (Wildman–Crippen LogP) is 2.47. The van der Waals surface area contributed by atoms with Crippen LogP contribution in [0.2, 0.25) is 5.02 Å². The zero-order chi connectivity index (χ0) is 10.8. The van der Waals surface area contributed by atoms with Gasteiger partial charge in [-0.1, -0.05) is 11.6 Å². The Labute approximate surface area is 93.8 Å². The molecule has 1 aliphatic heterocycles. The van der Waals surface area contributed by atoms with Crippen LogP contribution in [0.4, 0.5) is 0 Å². The summed E-state index contributed by atoms with van der Waals surface area (Å²) in [6.07, 6.45) is 2.29. The van der Waals surface area contributed by atoms with E-state index in [0.29, 0.717) is 10.9 Å². The number of aromatic hydroxyl groups is 1. The van der Waals surface area contributed by atoms with Gasteiger partial charge >= 0.3 is 0 Å². The van der Waals surface area contributed by atoms with Gasteiger partial charge in [-0.3, -0.25) is 5.41 Å². The molecule has 0 atom stereocenters. The summed E-state index contributed by atoms with van der Waals surface area (Å²) in [7, 11) is 0. The van der Waals surface area contributed by atoms with Crippen molar-refractivity contribution >= 4 is 17.4 Å². The van der Waals surface area contributed by atoms with Crippen LogP contribution >= 0.6 is 11.6 Å². The highest BCUT2D eigenvalue weighted by molar-refractivity contribution is 6.32. The van der Waals surface area contributed by atoms with E-state index in [1.54, 1.807) is 12.1 Å². The molecule has 1 aliphatic rings. The summed E-state index contributed by atoms with van der Waals surface area (Å²) in [5.74, 6) is 0.559. The van der Waals surface area contributed by atoms with Gasteiger partial charge in [-0.05, 0) is 31.0 Å². The zero-order valence-corrected chi connectivity index (χ0v) is 9.09. The number of hydrogen-bond donors (Lipinski definition) is 2. The SMILES string of the molecule is N=C(c1ccc(O)c(Cl)c1)N1CCCC1. The molecule has 0 radical (unpaired) electrons. The Morgan fingerprint density at radius 3 is 2.60 bits per heavy atom. The smallest absolute Gasteiger partial charge is 0.134 e. The van der Waals surface area contributed by atoms with Crippen LogP contribution in [0.5, 0.6) is 5.75 Å². The van der Waals surface area contributed by atoms with Crippen LogP contribution in [0.25, 0.3) is 0 Å². The maximum atomic E-state index is 9.27. The highest BCUT2D eigenvalue weighted by Crippen LogP contribution is 2.24. The Balaban J connectivity index is 2.21. The lowest BCUT2D eigenvalue weighted by atomic mass is 10.2. The Morgan fingerprint density at radius 1 is 1.33 bits per heavy atom. The summed E-state index contributed by atoms with van der Waals surface area (Å²) in [6, 6.07) is 4.89. The van der Waals surface area contributed by atoms with Gasteiger partial charge in [-0.15, -0.1) is 0 Å². The van der Waals surface area contributed by atoms with Crippen molar-refractivity contribution < 1.29 is 5.11 Å². The van der Waals surface area contributed by atoms with Gasteiger partial charge in [0, 0.05) is 18.7 Å². The predicted molar refractivity (Wildman–Crippen MR) is 60.8 cm³/mol. The van der Waals surface area contributed by atoms with Crippen molar-refractivity contribution in [2.75, 3.05) is 13.1 Å².